The van der Waals surface area contributed by atoms with Crippen LogP contribution in [-0.2, 0) is 30.4 Å². The van der Waals surface area contributed by atoms with Crippen LogP contribution in [0.4, 0.5) is 0 Å². The molecule has 0 aliphatic carbocycles. The minimum atomic E-state index is -3.03. The van der Waals surface area contributed by atoms with Crippen molar-refractivity contribution in [2.24, 2.45) is 5.92 Å². The molecule has 0 saturated carbocycles. The Hall–Kier alpha value is -4.51. The minimum absolute atomic E-state index is 0.172. The number of aliphatic hydroxyl groups is 1. The summed E-state index contributed by atoms with van der Waals surface area (Å²) < 4.78 is 5.74. The van der Waals surface area contributed by atoms with Gasteiger partial charge in [-0.2, -0.15) is 0 Å². The van der Waals surface area contributed by atoms with Gasteiger partial charge in [0.05, 0.1) is 12.3 Å². The van der Waals surface area contributed by atoms with Gasteiger partial charge in [-0.1, -0.05) is 87.9 Å². The number of hydrogen-bond acceptors (Lipinski definition) is 7. The summed E-state index contributed by atoms with van der Waals surface area (Å²) in [5, 5.41) is 42.1. The summed E-state index contributed by atoms with van der Waals surface area (Å²) in [6.07, 6.45) is 11.2. The zero-order valence-corrected chi connectivity index (χ0v) is 27.6. The van der Waals surface area contributed by atoms with Crippen molar-refractivity contribution in [2.45, 2.75) is 108 Å². The summed E-state index contributed by atoms with van der Waals surface area (Å²) in [6.45, 7) is 2.15. The molecule has 0 aliphatic rings. The number of carbonyl (C=O) groups excluding carboxylic acids is 2. The fourth-order valence-electron chi connectivity index (χ4n) is 5.25. The molecule has 2 rings (SSSR count). The van der Waals surface area contributed by atoms with E-state index in [9.17, 15) is 44.4 Å². The van der Waals surface area contributed by atoms with Gasteiger partial charge in [-0.3, -0.25) is 14.4 Å². The second kappa shape index (κ2) is 21.4. The van der Waals surface area contributed by atoms with E-state index in [-0.39, 0.29) is 12.2 Å². The quantitative estimate of drug-likeness (QED) is 0.0592. The van der Waals surface area contributed by atoms with Gasteiger partial charge in [0.25, 0.3) is 0 Å². The summed E-state index contributed by atoms with van der Waals surface area (Å²) in [6, 6.07) is 14.1. The van der Waals surface area contributed by atoms with Gasteiger partial charge in [0.2, 0.25) is 5.91 Å². The highest BCUT2D eigenvalue weighted by Crippen LogP contribution is 2.26. The molecule has 11 heteroatoms. The van der Waals surface area contributed by atoms with E-state index >= 15 is 0 Å². The van der Waals surface area contributed by atoms with Crippen molar-refractivity contribution in [3.63, 3.8) is 0 Å². The lowest BCUT2D eigenvalue weighted by Crippen LogP contribution is -2.55. The predicted octanol–water partition coefficient (Wildman–Crippen LogP) is 6.32. The number of hydrogen-bond donors (Lipinski definition) is 5. The first-order chi connectivity index (χ1) is 23.0. The van der Waals surface area contributed by atoms with Crippen molar-refractivity contribution in [3.05, 3.63) is 72.3 Å². The molecule has 3 atom stereocenters. The third-order valence-electron chi connectivity index (χ3n) is 8.01. The number of benzene rings is 2. The average Bonchev–Trinajstić information content (AvgIpc) is 3.04. The number of ketones is 1. The van der Waals surface area contributed by atoms with Gasteiger partial charge in [0, 0.05) is 19.3 Å². The largest absolute Gasteiger partial charge is 0.481 e. The van der Waals surface area contributed by atoms with Crippen LogP contribution < -0.4 is 10.1 Å². The minimum Gasteiger partial charge on any atom is -0.481 e. The fraction of sp³-hybridized carbons (Fsp3) is 0.486. The average molecular weight is 668 g/mol. The Balaban J connectivity index is 2.00. The van der Waals surface area contributed by atoms with Gasteiger partial charge >= 0.3 is 17.9 Å². The summed E-state index contributed by atoms with van der Waals surface area (Å²) in [7, 11) is 0. The van der Waals surface area contributed by atoms with Crippen molar-refractivity contribution in [2.75, 3.05) is 0 Å². The van der Waals surface area contributed by atoms with E-state index in [4.69, 9.17) is 4.74 Å². The number of nitrogens with one attached hydrogen (secondary N) is 1. The highest BCUT2D eigenvalue weighted by atomic mass is 16.5. The maximum absolute atomic E-state index is 13.3. The number of carboxylic acid groups (broad SMARTS) is 3. The zero-order chi connectivity index (χ0) is 35.4. The number of allylic oxidation sites excluding steroid dienone is 1. The van der Waals surface area contributed by atoms with Crippen LogP contribution in [-0.4, -0.2) is 61.7 Å². The number of para-hydroxylation sites is 1. The number of carboxylic acids is 3. The lowest BCUT2D eigenvalue weighted by molar-refractivity contribution is -0.172. The van der Waals surface area contributed by atoms with E-state index in [2.05, 4.69) is 12.2 Å². The maximum atomic E-state index is 13.3. The second-order valence-electron chi connectivity index (χ2n) is 12.0. The van der Waals surface area contributed by atoms with Crippen LogP contribution in [0.5, 0.6) is 11.5 Å². The summed E-state index contributed by atoms with van der Waals surface area (Å²) in [5.74, 6) is -6.61. The van der Waals surface area contributed by atoms with Crippen LogP contribution in [0.25, 0.3) is 0 Å². The van der Waals surface area contributed by atoms with Gasteiger partial charge in [-0.05, 0) is 55.5 Å². The molecule has 11 nitrogen and oxygen atoms in total. The van der Waals surface area contributed by atoms with E-state index in [0.29, 0.717) is 42.7 Å². The molecule has 0 radical (unpaired) electrons. The van der Waals surface area contributed by atoms with Crippen LogP contribution >= 0.6 is 0 Å². The Morgan fingerprint density at radius 2 is 1.38 bits per heavy atom. The van der Waals surface area contributed by atoms with Crippen molar-refractivity contribution in [3.8, 4) is 11.5 Å². The topological polar surface area (TPSA) is 188 Å². The third-order valence-corrected chi connectivity index (χ3v) is 8.01. The lowest BCUT2D eigenvalue weighted by atomic mass is 9.82. The number of Topliss-reactive ketones (excluding diaryl/α,β-unsaturated/α-hetero) is 1. The highest BCUT2D eigenvalue weighted by molar-refractivity contribution is 5.94. The predicted molar refractivity (Wildman–Crippen MR) is 180 cm³/mol. The molecule has 2 aromatic carbocycles. The summed E-state index contributed by atoms with van der Waals surface area (Å²) in [5.41, 5.74) is -2.49. The zero-order valence-electron chi connectivity index (χ0n) is 27.6. The first-order valence-corrected chi connectivity index (χ1v) is 16.7. The highest BCUT2D eigenvalue weighted by Gasteiger charge is 2.49. The van der Waals surface area contributed by atoms with Crippen LogP contribution in [0.15, 0.2) is 66.7 Å². The first-order valence-electron chi connectivity index (χ1n) is 16.7. The molecule has 0 fully saturated rings. The molecule has 5 N–H and O–H groups in total. The molecule has 262 valence electrons. The molecule has 0 heterocycles. The molecule has 1 amide bonds. The Morgan fingerprint density at radius 1 is 0.792 bits per heavy atom. The van der Waals surface area contributed by atoms with Crippen LogP contribution in [0.1, 0.15) is 96.0 Å². The van der Waals surface area contributed by atoms with E-state index in [0.717, 1.165) is 51.0 Å². The number of ether oxygens (including phenoxy) is 1. The van der Waals surface area contributed by atoms with Crippen molar-refractivity contribution < 1.29 is 49.1 Å². The Bertz CT molecular complexity index is 1340. The molecule has 0 spiro atoms. The van der Waals surface area contributed by atoms with Gasteiger partial charge in [-0.25, -0.2) is 9.59 Å². The molecule has 0 unspecified atom stereocenters. The molecular formula is C37H49NO10. The second-order valence-corrected chi connectivity index (χ2v) is 12.0. The van der Waals surface area contributed by atoms with Gasteiger partial charge in [-0.15, -0.1) is 0 Å². The molecule has 0 bridgehead atoms. The number of rotatable bonds is 25. The molecule has 0 aromatic heterocycles. The summed E-state index contributed by atoms with van der Waals surface area (Å²) in [4.78, 5) is 61.0. The lowest BCUT2D eigenvalue weighted by Gasteiger charge is -2.29. The third kappa shape index (κ3) is 14.5. The molecule has 0 aliphatic heterocycles. The first kappa shape index (κ1) is 39.7. The number of carbonyl (C=O) groups is 5. The van der Waals surface area contributed by atoms with Gasteiger partial charge < -0.3 is 30.5 Å². The van der Waals surface area contributed by atoms with Crippen molar-refractivity contribution >= 4 is 29.6 Å². The summed E-state index contributed by atoms with van der Waals surface area (Å²) >= 11 is 0. The Kier molecular flexibility index (Phi) is 17.7. The van der Waals surface area contributed by atoms with Gasteiger partial charge in [0.1, 0.15) is 23.3 Å². The number of unbranched alkanes of at least 4 members (excludes halogenated alkanes) is 8. The van der Waals surface area contributed by atoms with Crippen LogP contribution in [0.3, 0.4) is 0 Å². The normalized spacial score (nSPS) is 13.7. The Labute approximate surface area is 282 Å². The molecular weight excluding hydrogens is 618 g/mol. The van der Waals surface area contributed by atoms with Gasteiger partial charge in [0.15, 0.2) is 5.60 Å². The SMILES string of the molecule is CCCCCCCC(=O)CCCCCC/C=C/[C@@H](C(=O)N[C@@H](Cc1ccc(Oc2ccccc2)cc1)C(=O)O)[C@@](O)(CC(=O)O)C(=O)O. The van der Waals surface area contributed by atoms with E-state index < -0.39 is 47.8 Å². The smallest absolute Gasteiger partial charge is 0.337 e. The monoisotopic (exact) mass is 667 g/mol. The fourth-order valence-corrected chi connectivity index (χ4v) is 5.25. The Morgan fingerprint density at radius 3 is 1.94 bits per heavy atom. The molecule has 48 heavy (non-hydrogen) atoms. The van der Waals surface area contributed by atoms with E-state index in [1.807, 2.05) is 18.2 Å². The van der Waals surface area contributed by atoms with E-state index in [1.165, 1.54) is 12.5 Å². The maximum Gasteiger partial charge on any atom is 0.337 e. The standard InChI is InChI=1S/C37H49NO10/c1-2-3-4-7-11-16-28(39)17-12-8-5-6-9-15-20-31(37(47,36(45)46)26-33(40)41)34(42)38-32(35(43)44)25-27-21-23-30(24-22-27)48-29-18-13-10-14-19-29/h10,13-15,18-24,31-32,47H,2-9,11-12,16-17,25-26H2,1H3,(H,38,42)(H,40,41)(H,43,44)(H,45,46)/b20-15+/t31-,32-,37-/m0/s1. The molecule has 2 aromatic rings. The van der Waals surface area contributed by atoms with Crippen LogP contribution in [0, 0.1) is 5.92 Å². The number of aliphatic carboxylic acids is 3. The van der Waals surface area contributed by atoms with Crippen LogP contribution in [0.2, 0.25) is 0 Å². The number of amides is 1. The van der Waals surface area contributed by atoms with E-state index in [1.54, 1.807) is 36.4 Å². The van der Waals surface area contributed by atoms with Crippen molar-refractivity contribution in [1.82, 2.24) is 5.32 Å². The molecule has 0 saturated heterocycles. The van der Waals surface area contributed by atoms with Crippen molar-refractivity contribution in [1.29, 1.82) is 0 Å².